The van der Waals surface area contributed by atoms with Crippen LogP contribution in [0.1, 0.15) is 194 Å². The minimum Gasteiger partial charge on any atom is -0.463 e. The van der Waals surface area contributed by atoms with Gasteiger partial charge in [-0.05, 0) is 38.5 Å². The zero-order chi connectivity index (χ0) is 38.1. The summed E-state index contributed by atoms with van der Waals surface area (Å²) in [7, 11) is -4.50. The number of aliphatic hydroxyl groups is 3. The largest absolute Gasteiger partial charge is 0.469 e. The number of unbranched alkanes of at least 4 members (excludes halogenated alkanes) is 24. The fourth-order valence-corrected chi connectivity index (χ4v) is 5.90. The molecule has 0 amide bonds. The Morgan fingerprint density at radius 2 is 1.00 bits per heavy atom. The smallest absolute Gasteiger partial charge is 0.463 e. The van der Waals surface area contributed by atoms with Crippen LogP contribution in [0.4, 0.5) is 0 Å². The number of allylic oxidation sites excluding steroid dienone is 2. The zero-order valence-electron chi connectivity index (χ0n) is 32.9. The second-order valence-corrected chi connectivity index (χ2v) is 15.2. The van der Waals surface area contributed by atoms with E-state index in [-0.39, 0.29) is 19.2 Å². The monoisotopic (exact) mass is 753 g/mol. The number of hydrogen-bond acceptors (Lipinski definition) is 8. The van der Waals surface area contributed by atoms with E-state index in [1.54, 1.807) is 0 Å². The summed E-state index contributed by atoms with van der Waals surface area (Å²) in [6, 6.07) is 0. The minimum atomic E-state index is -4.50. The van der Waals surface area contributed by atoms with Crippen molar-refractivity contribution < 1.29 is 48.5 Å². The maximum atomic E-state index is 12.0. The highest BCUT2D eigenvalue weighted by molar-refractivity contribution is 7.46. The Morgan fingerprint density at radius 1 is 0.588 bits per heavy atom. The summed E-state index contributed by atoms with van der Waals surface area (Å²) in [5.74, 6) is -0.160. The third-order valence-electron chi connectivity index (χ3n) is 8.77. The molecule has 0 aliphatic heterocycles. The molecule has 0 aromatic heterocycles. The Labute approximate surface area is 312 Å². The third-order valence-corrected chi connectivity index (χ3v) is 9.26. The van der Waals surface area contributed by atoms with E-state index < -0.39 is 33.2 Å². The fourth-order valence-electron chi connectivity index (χ4n) is 5.53. The SMILES string of the molecule is CCCCCCCC/C=C\CCCCCCCCO[C@@H](CO)COC(=O)CCCCCCCCCCCCCCC.O=P(O)(O)OCC(O)CO. The van der Waals surface area contributed by atoms with Crippen LogP contribution in [0.3, 0.4) is 0 Å². The van der Waals surface area contributed by atoms with E-state index in [4.69, 9.17) is 29.5 Å². The number of rotatable bonds is 38. The van der Waals surface area contributed by atoms with Gasteiger partial charge in [-0.25, -0.2) is 4.57 Å². The first-order valence-corrected chi connectivity index (χ1v) is 22.2. The Balaban J connectivity index is 0. The molecule has 0 heterocycles. The van der Waals surface area contributed by atoms with Crippen molar-refractivity contribution in [2.24, 2.45) is 0 Å². The highest BCUT2D eigenvalue weighted by Gasteiger charge is 2.16. The highest BCUT2D eigenvalue weighted by atomic mass is 31.2. The van der Waals surface area contributed by atoms with E-state index in [9.17, 15) is 14.5 Å². The molecule has 306 valence electrons. The average molecular weight is 753 g/mol. The molecule has 0 aromatic rings. The summed E-state index contributed by atoms with van der Waals surface area (Å²) < 4.78 is 24.9. The summed E-state index contributed by atoms with van der Waals surface area (Å²) in [6.45, 7) is 4.09. The molecule has 2 atom stereocenters. The second-order valence-electron chi connectivity index (χ2n) is 13.9. The van der Waals surface area contributed by atoms with Gasteiger partial charge in [0.2, 0.25) is 0 Å². The van der Waals surface area contributed by atoms with Crippen LogP contribution < -0.4 is 0 Å². The molecule has 0 saturated carbocycles. The van der Waals surface area contributed by atoms with Crippen LogP contribution in [0.15, 0.2) is 12.2 Å². The first kappa shape index (κ1) is 52.3. The van der Waals surface area contributed by atoms with E-state index in [1.165, 1.54) is 148 Å². The molecule has 51 heavy (non-hydrogen) atoms. The molecular weight excluding hydrogens is 671 g/mol. The van der Waals surface area contributed by atoms with E-state index in [2.05, 4.69) is 30.5 Å². The summed E-state index contributed by atoms with van der Waals surface area (Å²) in [4.78, 5) is 28.2. The van der Waals surface area contributed by atoms with Gasteiger partial charge in [0.1, 0.15) is 18.8 Å². The van der Waals surface area contributed by atoms with Gasteiger partial charge in [0, 0.05) is 13.0 Å². The normalized spacial score (nSPS) is 12.9. The van der Waals surface area contributed by atoms with Crippen LogP contribution in [-0.2, 0) is 23.4 Å². The van der Waals surface area contributed by atoms with Crippen LogP contribution >= 0.6 is 7.82 Å². The number of phosphoric ester groups is 1. The molecule has 1 unspecified atom stereocenters. The Morgan fingerprint density at radius 3 is 1.41 bits per heavy atom. The van der Waals surface area contributed by atoms with Gasteiger partial charge in [-0.15, -0.1) is 0 Å². The standard InChI is InChI=1S/C37H72O4.C3H9O6P/c1-3-5-7-9-11-13-15-17-18-19-21-23-25-27-29-31-33-40-36(34-38)35-41-37(39)32-30-28-26-24-22-20-16-14-12-10-8-6-4-2;4-1-3(5)2-9-10(6,7)8/h17-18,36,38H,3-16,19-35H2,1-2H3;3-5H,1-2H2,(H2,6,7,8)/b18-17-;/t36-;/m0./s1. The number of ether oxygens (including phenoxy) is 2. The molecule has 0 saturated heterocycles. The third kappa shape index (κ3) is 47.1. The molecular formula is C40H81O10P. The lowest BCUT2D eigenvalue weighted by Gasteiger charge is -2.15. The Kier molecular flexibility index (Phi) is 42.9. The predicted molar refractivity (Wildman–Crippen MR) is 209 cm³/mol. The van der Waals surface area contributed by atoms with Crippen molar-refractivity contribution in [1.29, 1.82) is 0 Å². The lowest BCUT2D eigenvalue weighted by atomic mass is 10.0. The van der Waals surface area contributed by atoms with Crippen molar-refractivity contribution in [3.05, 3.63) is 12.2 Å². The summed E-state index contributed by atoms with van der Waals surface area (Å²) >= 11 is 0. The summed E-state index contributed by atoms with van der Waals surface area (Å²) in [5, 5.41) is 26.2. The van der Waals surface area contributed by atoms with Crippen LogP contribution in [0.25, 0.3) is 0 Å². The Hall–Kier alpha value is -0.840. The van der Waals surface area contributed by atoms with Gasteiger partial charge in [0.15, 0.2) is 0 Å². The number of aliphatic hydroxyl groups excluding tert-OH is 3. The van der Waals surface area contributed by atoms with Crippen molar-refractivity contribution in [1.82, 2.24) is 0 Å². The first-order chi connectivity index (χ1) is 24.7. The van der Waals surface area contributed by atoms with Crippen molar-refractivity contribution in [3.63, 3.8) is 0 Å². The molecule has 10 nitrogen and oxygen atoms in total. The molecule has 0 rings (SSSR count). The quantitative estimate of drug-likeness (QED) is 0.0178. The maximum Gasteiger partial charge on any atom is 0.469 e. The molecule has 0 spiro atoms. The Bertz CT molecular complexity index is 776. The summed E-state index contributed by atoms with van der Waals surface area (Å²) in [6.07, 6.45) is 38.5. The molecule has 5 N–H and O–H groups in total. The average Bonchev–Trinajstić information content (AvgIpc) is 3.11. The maximum absolute atomic E-state index is 12.0. The highest BCUT2D eigenvalue weighted by Crippen LogP contribution is 2.35. The molecule has 0 fully saturated rings. The molecule has 0 aliphatic carbocycles. The molecule has 0 radical (unpaired) electrons. The predicted octanol–water partition coefficient (Wildman–Crippen LogP) is 9.87. The summed E-state index contributed by atoms with van der Waals surface area (Å²) in [5.41, 5.74) is 0. The minimum absolute atomic E-state index is 0.0988. The number of carbonyl (C=O) groups excluding carboxylic acids is 1. The molecule has 0 bridgehead atoms. The number of esters is 1. The van der Waals surface area contributed by atoms with Crippen molar-refractivity contribution in [2.45, 2.75) is 206 Å². The van der Waals surface area contributed by atoms with Crippen LogP contribution in [0.2, 0.25) is 0 Å². The van der Waals surface area contributed by atoms with E-state index in [1.807, 2.05) is 0 Å². The number of phosphoric acid groups is 1. The van der Waals surface area contributed by atoms with Crippen LogP contribution in [-0.4, -0.2) is 76.3 Å². The van der Waals surface area contributed by atoms with Gasteiger partial charge in [-0.2, -0.15) is 0 Å². The van der Waals surface area contributed by atoms with Gasteiger partial charge in [0.05, 0.1) is 19.8 Å². The fraction of sp³-hybridized carbons (Fsp3) is 0.925. The van der Waals surface area contributed by atoms with Crippen molar-refractivity contribution in [3.8, 4) is 0 Å². The van der Waals surface area contributed by atoms with Gasteiger partial charge < -0.3 is 34.6 Å². The van der Waals surface area contributed by atoms with Gasteiger partial charge in [0.25, 0.3) is 0 Å². The van der Waals surface area contributed by atoms with E-state index in [0.717, 1.165) is 25.7 Å². The van der Waals surface area contributed by atoms with Gasteiger partial charge in [-0.3, -0.25) is 9.32 Å². The lowest BCUT2D eigenvalue weighted by Crippen LogP contribution is -2.26. The van der Waals surface area contributed by atoms with Crippen molar-refractivity contribution in [2.75, 3.05) is 33.0 Å². The zero-order valence-corrected chi connectivity index (χ0v) is 33.8. The number of hydrogen-bond donors (Lipinski definition) is 5. The lowest BCUT2D eigenvalue weighted by molar-refractivity contribution is -0.149. The molecule has 11 heteroatoms. The second kappa shape index (κ2) is 41.9. The van der Waals surface area contributed by atoms with Gasteiger partial charge >= 0.3 is 13.8 Å². The number of carbonyl (C=O) groups is 1. The first-order valence-electron chi connectivity index (χ1n) is 20.7. The van der Waals surface area contributed by atoms with Gasteiger partial charge in [-0.1, -0.05) is 161 Å². The van der Waals surface area contributed by atoms with Crippen LogP contribution in [0, 0.1) is 0 Å². The van der Waals surface area contributed by atoms with E-state index in [0.29, 0.717) is 13.0 Å². The topological polar surface area (TPSA) is 163 Å². The van der Waals surface area contributed by atoms with Crippen LogP contribution in [0.5, 0.6) is 0 Å². The molecule has 0 aliphatic rings. The van der Waals surface area contributed by atoms with Crippen molar-refractivity contribution >= 4 is 13.8 Å². The van der Waals surface area contributed by atoms with E-state index >= 15 is 0 Å². The molecule has 0 aromatic carbocycles.